The zero-order valence-electron chi connectivity index (χ0n) is 14.6. The van der Waals surface area contributed by atoms with Crippen LogP contribution < -0.4 is 10.6 Å². The van der Waals surface area contributed by atoms with Gasteiger partial charge >= 0.3 is 5.97 Å². The maximum absolute atomic E-state index is 12.1. The smallest absolute Gasteiger partial charge is 0.325 e. The number of nitrogens with one attached hydrogen (secondary N) is 2. The van der Waals surface area contributed by atoms with Gasteiger partial charge in [-0.3, -0.25) is 14.4 Å². The van der Waals surface area contributed by atoms with E-state index in [4.69, 9.17) is 5.11 Å². The van der Waals surface area contributed by atoms with Gasteiger partial charge in [-0.25, -0.2) is 0 Å². The lowest BCUT2D eigenvalue weighted by molar-refractivity contribution is -0.138. The van der Waals surface area contributed by atoms with Crippen molar-refractivity contribution in [2.75, 3.05) is 5.32 Å². The van der Waals surface area contributed by atoms with Gasteiger partial charge in [-0.1, -0.05) is 27.2 Å². The Labute approximate surface area is 142 Å². The second-order valence-electron chi connectivity index (χ2n) is 6.28. The van der Waals surface area contributed by atoms with Gasteiger partial charge in [0.15, 0.2) is 0 Å². The maximum atomic E-state index is 12.1. The van der Waals surface area contributed by atoms with Crippen LogP contribution in [-0.4, -0.2) is 28.9 Å². The van der Waals surface area contributed by atoms with Crippen LogP contribution in [0.2, 0.25) is 0 Å². The highest BCUT2D eigenvalue weighted by Gasteiger charge is 2.17. The number of aliphatic carboxylic acids is 1. The topological polar surface area (TPSA) is 95.5 Å². The van der Waals surface area contributed by atoms with Crippen molar-refractivity contribution in [2.24, 2.45) is 11.8 Å². The molecule has 132 valence electrons. The van der Waals surface area contributed by atoms with Crippen LogP contribution in [0.4, 0.5) is 5.69 Å². The summed E-state index contributed by atoms with van der Waals surface area (Å²) in [5, 5.41) is 14.0. The summed E-state index contributed by atoms with van der Waals surface area (Å²) >= 11 is 0. The molecule has 0 radical (unpaired) electrons. The Bertz CT molecular complexity index is 581. The van der Waals surface area contributed by atoms with Gasteiger partial charge in [-0.2, -0.15) is 0 Å². The predicted octanol–water partition coefficient (Wildman–Crippen LogP) is 2.90. The second kappa shape index (κ2) is 9.05. The lowest BCUT2D eigenvalue weighted by atomic mass is 9.90. The Kier molecular flexibility index (Phi) is 7.42. The van der Waals surface area contributed by atoms with Crippen LogP contribution in [0, 0.1) is 11.8 Å². The van der Waals surface area contributed by atoms with Crippen LogP contribution >= 0.6 is 0 Å². The van der Waals surface area contributed by atoms with Gasteiger partial charge in [0.2, 0.25) is 5.91 Å². The highest BCUT2D eigenvalue weighted by Crippen LogP contribution is 2.20. The molecule has 2 atom stereocenters. The standard InChI is InChI=1S/C18H26N2O4/c1-5-13(11(2)3)10-16(21)20-15-8-6-14(7-9-15)17(22)19-12(4)18(23)24/h6-9,11-13H,5,10H2,1-4H3,(H,19,22)(H,20,21)(H,23,24). The van der Waals surface area contributed by atoms with Crippen molar-refractivity contribution in [3.63, 3.8) is 0 Å². The zero-order chi connectivity index (χ0) is 18.3. The molecule has 24 heavy (non-hydrogen) atoms. The zero-order valence-corrected chi connectivity index (χ0v) is 14.6. The monoisotopic (exact) mass is 334 g/mol. The van der Waals surface area contributed by atoms with E-state index in [2.05, 4.69) is 31.4 Å². The number of carboxylic acid groups (broad SMARTS) is 1. The molecule has 2 unspecified atom stereocenters. The molecule has 3 N–H and O–H groups in total. The third-order valence-corrected chi connectivity index (χ3v) is 4.06. The molecule has 0 aliphatic rings. The summed E-state index contributed by atoms with van der Waals surface area (Å²) in [6.45, 7) is 7.68. The number of amides is 2. The molecule has 6 heteroatoms. The van der Waals surface area contributed by atoms with Gasteiger partial charge in [0.05, 0.1) is 0 Å². The van der Waals surface area contributed by atoms with E-state index in [0.29, 0.717) is 29.5 Å². The SMILES string of the molecule is CCC(CC(=O)Nc1ccc(C(=O)NC(C)C(=O)O)cc1)C(C)C. The predicted molar refractivity (Wildman–Crippen MR) is 92.9 cm³/mol. The minimum Gasteiger partial charge on any atom is -0.480 e. The first kappa shape index (κ1) is 19.7. The van der Waals surface area contributed by atoms with Crippen molar-refractivity contribution >= 4 is 23.5 Å². The number of benzene rings is 1. The molecular formula is C18H26N2O4. The number of rotatable bonds is 8. The molecule has 0 saturated heterocycles. The lowest BCUT2D eigenvalue weighted by Crippen LogP contribution is -2.38. The van der Waals surface area contributed by atoms with Crippen LogP contribution in [-0.2, 0) is 9.59 Å². The molecule has 0 heterocycles. The Morgan fingerprint density at radius 1 is 1.08 bits per heavy atom. The van der Waals surface area contributed by atoms with E-state index in [-0.39, 0.29) is 5.91 Å². The van der Waals surface area contributed by atoms with Gasteiger partial charge in [0.25, 0.3) is 5.91 Å². The average molecular weight is 334 g/mol. The maximum Gasteiger partial charge on any atom is 0.325 e. The summed E-state index contributed by atoms with van der Waals surface area (Å²) in [5.74, 6) is -0.820. The van der Waals surface area contributed by atoms with Gasteiger partial charge in [0.1, 0.15) is 6.04 Å². The van der Waals surface area contributed by atoms with E-state index in [0.717, 1.165) is 6.42 Å². The molecule has 0 aliphatic carbocycles. The van der Waals surface area contributed by atoms with Crippen LogP contribution in [0.5, 0.6) is 0 Å². The van der Waals surface area contributed by atoms with Crippen LogP contribution in [0.1, 0.15) is 50.9 Å². The van der Waals surface area contributed by atoms with Gasteiger partial charge in [0, 0.05) is 17.7 Å². The fourth-order valence-electron chi connectivity index (χ4n) is 2.35. The molecule has 2 amide bonds. The number of hydrogen-bond acceptors (Lipinski definition) is 3. The number of carbonyl (C=O) groups excluding carboxylic acids is 2. The lowest BCUT2D eigenvalue weighted by Gasteiger charge is -2.18. The fraction of sp³-hybridized carbons (Fsp3) is 0.500. The normalized spacial score (nSPS) is 13.2. The van der Waals surface area contributed by atoms with E-state index in [1.807, 2.05) is 0 Å². The van der Waals surface area contributed by atoms with Crippen molar-refractivity contribution in [1.82, 2.24) is 5.32 Å². The molecule has 0 saturated carbocycles. The molecule has 1 aromatic rings. The van der Waals surface area contributed by atoms with E-state index in [1.54, 1.807) is 24.3 Å². The minimum absolute atomic E-state index is 0.0488. The molecular weight excluding hydrogens is 308 g/mol. The van der Waals surface area contributed by atoms with Crippen LogP contribution in [0.3, 0.4) is 0 Å². The first-order valence-corrected chi connectivity index (χ1v) is 8.18. The Morgan fingerprint density at radius 2 is 1.67 bits per heavy atom. The summed E-state index contributed by atoms with van der Waals surface area (Å²) in [4.78, 5) is 34.7. The van der Waals surface area contributed by atoms with Crippen molar-refractivity contribution < 1.29 is 19.5 Å². The molecule has 6 nitrogen and oxygen atoms in total. The third-order valence-electron chi connectivity index (χ3n) is 4.06. The fourth-order valence-corrected chi connectivity index (χ4v) is 2.35. The van der Waals surface area contributed by atoms with Gasteiger partial charge in [-0.05, 0) is 43.0 Å². The molecule has 0 spiro atoms. The number of hydrogen-bond donors (Lipinski definition) is 3. The van der Waals surface area contributed by atoms with Gasteiger partial charge in [-0.15, -0.1) is 0 Å². The summed E-state index contributed by atoms with van der Waals surface area (Å²) in [6, 6.07) is 5.42. The first-order valence-electron chi connectivity index (χ1n) is 8.18. The highest BCUT2D eigenvalue weighted by atomic mass is 16.4. The summed E-state index contributed by atoms with van der Waals surface area (Å²) in [5.41, 5.74) is 0.955. The van der Waals surface area contributed by atoms with E-state index in [9.17, 15) is 14.4 Å². The van der Waals surface area contributed by atoms with E-state index >= 15 is 0 Å². The number of carbonyl (C=O) groups is 3. The second-order valence-corrected chi connectivity index (χ2v) is 6.28. The quantitative estimate of drug-likeness (QED) is 0.681. The van der Waals surface area contributed by atoms with Crippen LogP contribution in [0.15, 0.2) is 24.3 Å². The largest absolute Gasteiger partial charge is 0.480 e. The van der Waals surface area contributed by atoms with E-state index in [1.165, 1.54) is 6.92 Å². The molecule has 0 fully saturated rings. The summed E-state index contributed by atoms with van der Waals surface area (Å²) < 4.78 is 0. The van der Waals surface area contributed by atoms with Crippen molar-refractivity contribution in [3.8, 4) is 0 Å². The number of carboxylic acids is 1. The Hall–Kier alpha value is -2.37. The summed E-state index contributed by atoms with van der Waals surface area (Å²) in [6.07, 6.45) is 1.42. The average Bonchev–Trinajstić information content (AvgIpc) is 2.52. The third kappa shape index (κ3) is 6.02. The molecule has 1 rings (SSSR count). The molecule has 1 aromatic carbocycles. The first-order chi connectivity index (χ1) is 11.2. The van der Waals surface area contributed by atoms with Crippen molar-refractivity contribution in [2.45, 2.75) is 46.6 Å². The van der Waals surface area contributed by atoms with Crippen molar-refractivity contribution in [1.29, 1.82) is 0 Å². The molecule has 0 bridgehead atoms. The summed E-state index contributed by atoms with van der Waals surface area (Å²) in [7, 11) is 0. The Morgan fingerprint density at radius 3 is 2.12 bits per heavy atom. The Balaban J connectivity index is 2.63. The van der Waals surface area contributed by atoms with Gasteiger partial charge < -0.3 is 15.7 Å². The van der Waals surface area contributed by atoms with Crippen LogP contribution in [0.25, 0.3) is 0 Å². The molecule has 0 aromatic heterocycles. The number of anilines is 1. The molecule has 0 aliphatic heterocycles. The minimum atomic E-state index is -1.09. The van der Waals surface area contributed by atoms with E-state index < -0.39 is 17.9 Å². The highest BCUT2D eigenvalue weighted by molar-refractivity contribution is 5.97. The van der Waals surface area contributed by atoms with Crippen molar-refractivity contribution in [3.05, 3.63) is 29.8 Å².